The average Bonchev–Trinajstić information content (AvgIpc) is 3.61. The molecule has 0 aromatic heterocycles. The topological polar surface area (TPSA) is 73.0 Å². The number of amides is 1. The van der Waals surface area contributed by atoms with Crippen LogP contribution in [0.5, 0.6) is 0 Å². The highest BCUT2D eigenvalue weighted by molar-refractivity contribution is 9.10. The first-order valence-electron chi connectivity index (χ1n) is 12.2. The Balaban J connectivity index is 1.13. The second-order valence-corrected chi connectivity index (χ2v) is 12.5. The standard InChI is InChI=1S/C25H30BrClN4O3S/c26-22-15-19-7-10-31(25(32)18-5-6-18)23(19)17-24(22)35(33,34)28-8-2-9-29-11-13-30(14-12-29)21-4-1-3-20(27)16-21/h1,3-4,15-18,28H,2,5-14H2. The van der Waals surface area contributed by atoms with Gasteiger partial charge in [-0.15, -0.1) is 0 Å². The lowest BCUT2D eigenvalue weighted by molar-refractivity contribution is -0.119. The van der Waals surface area contributed by atoms with Crippen LogP contribution in [0, 0.1) is 5.92 Å². The van der Waals surface area contributed by atoms with Crippen molar-refractivity contribution in [3.8, 4) is 0 Å². The Morgan fingerprint density at radius 2 is 1.86 bits per heavy atom. The SMILES string of the molecule is O=C(C1CC1)N1CCc2cc(Br)c(S(=O)(=O)NCCCN3CCN(c4cccc(Cl)c4)CC3)cc21. The number of anilines is 2. The lowest BCUT2D eigenvalue weighted by Gasteiger charge is -2.36. The Kier molecular flexibility index (Phi) is 7.42. The Labute approximate surface area is 220 Å². The summed E-state index contributed by atoms with van der Waals surface area (Å²) in [5, 5.41) is 0.745. The third-order valence-corrected chi connectivity index (χ3v) is 9.65. The van der Waals surface area contributed by atoms with Crippen molar-refractivity contribution < 1.29 is 13.2 Å². The molecule has 5 rings (SSSR count). The van der Waals surface area contributed by atoms with Crippen LogP contribution >= 0.6 is 27.5 Å². The van der Waals surface area contributed by atoms with Gasteiger partial charge >= 0.3 is 0 Å². The predicted octanol–water partition coefficient (Wildman–Crippen LogP) is 3.89. The minimum Gasteiger partial charge on any atom is -0.369 e. The second-order valence-electron chi connectivity index (χ2n) is 9.49. The zero-order valence-corrected chi connectivity index (χ0v) is 22.7. The fourth-order valence-corrected chi connectivity index (χ4v) is 7.23. The van der Waals surface area contributed by atoms with Crippen molar-refractivity contribution >= 4 is 54.8 Å². The van der Waals surface area contributed by atoms with Crippen LogP contribution < -0.4 is 14.5 Å². The minimum atomic E-state index is -3.69. The van der Waals surface area contributed by atoms with E-state index in [-0.39, 0.29) is 16.7 Å². The number of benzene rings is 2. The first kappa shape index (κ1) is 25.0. The van der Waals surface area contributed by atoms with E-state index in [1.807, 2.05) is 24.3 Å². The van der Waals surface area contributed by atoms with Crippen LogP contribution in [0.1, 0.15) is 24.8 Å². The van der Waals surface area contributed by atoms with Crippen molar-refractivity contribution in [1.82, 2.24) is 9.62 Å². The van der Waals surface area contributed by atoms with E-state index in [1.165, 1.54) is 0 Å². The van der Waals surface area contributed by atoms with E-state index in [4.69, 9.17) is 11.6 Å². The van der Waals surface area contributed by atoms with Gasteiger partial charge in [0.1, 0.15) is 0 Å². The summed E-state index contributed by atoms with van der Waals surface area (Å²) in [6, 6.07) is 11.4. The lowest BCUT2D eigenvalue weighted by atomic mass is 10.2. The van der Waals surface area contributed by atoms with E-state index in [0.717, 1.165) is 80.4 Å². The van der Waals surface area contributed by atoms with Gasteiger partial charge in [0.2, 0.25) is 15.9 Å². The maximum absolute atomic E-state index is 13.1. The average molecular weight is 582 g/mol. The summed E-state index contributed by atoms with van der Waals surface area (Å²) in [5.41, 5.74) is 2.90. The number of nitrogens with zero attached hydrogens (tertiary/aromatic N) is 3. The maximum atomic E-state index is 13.1. The normalized spacial score (nSPS) is 18.7. The summed E-state index contributed by atoms with van der Waals surface area (Å²) in [4.78, 5) is 19.3. The number of hydrogen-bond donors (Lipinski definition) is 1. The Bertz CT molecular complexity index is 1210. The fourth-order valence-electron chi connectivity index (χ4n) is 4.86. The smallest absolute Gasteiger partial charge is 0.241 e. The summed E-state index contributed by atoms with van der Waals surface area (Å²) < 4.78 is 29.5. The van der Waals surface area contributed by atoms with Crippen molar-refractivity contribution in [2.24, 2.45) is 5.92 Å². The molecule has 2 heterocycles. The van der Waals surface area contributed by atoms with Crippen LogP contribution in [0.25, 0.3) is 0 Å². The third kappa shape index (κ3) is 5.69. The van der Waals surface area contributed by atoms with E-state index in [9.17, 15) is 13.2 Å². The second kappa shape index (κ2) is 10.4. The van der Waals surface area contributed by atoms with Crippen LogP contribution in [0.15, 0.2) is 45.8 Å². The predicted molar refractivity (Wildman–Crippen MR) is 143 cm³/mol. The maximum Gasteiger partial charge on any atom is 0.241 e. The molecule has 10 heteroatoms. The first-order valence-corrected chi connectivity index (χ1v) is 14.8. The van der Waals surface area contributed by atoms with Crippen LogP contribution in [0.2, 0.25) is 5.02 Å². The van der Waals surface area contributed by atoms with Crippen molar-refractivity contribution in [2.45, 2.75) is 30.6 Å². The number of nitrogens with one attached hydrogen (secondary N) is 1. The number of piperazine rings is 1. The van der Waals surface area contributed by atoms with E-state index in [1.54, 1.807) is 11.0 Å². The zero-order chi connectivity index (χ0) is 24.6. The molecule has 1 amide bonds. The van der Waals surface area contributed by atoms with Crippen molar-refractivity contribution in [3.05, 3.63) is 51.5 Å². The van der Waals surface area contributed by atoms with E-state index >= 15 is 0 Å². The van der Waals surface area contributed by atoms with Gasteiger partial charge < -0.3 is 9.80 Å². The van der Waals surface area contributed by atoms with Gasteiger partial charge in [-0.2, -0.15) is 0 Å². The van der Waals surface area contributed by atoms with Crippen LogP contribution in [0.3, 0.4) is 0 Å². The summed E-state index contributed by atoms with van der Waals surface area (Å²) >= 11 is 9.56. The van der Waals surface area contributed by atoms with Gasteiger partial charge in [-0.05, 0) is 84.1 Å². The molecule has 3 aliphatic rings. The molecule has 188 valence electrons. The highest BCUT2D eigenvalue weighted by Crippen LogP contribution is 2.39. The van der Waals surface area contributed by atoms with Gasteiger partial charge in [0.25, 0.3) is 0 Å². The highest BCUT2D eigenvalue weighted by atomic mass is 79.9. The number of sulfonamides is 1. The summed E-state index contributed by atoms with van der Waals surface area (Å²) in [6.07, 6.45) is 3.35. The number of carbonyl (C=O) groups excluding carboxylic acids is 1. The van der Waals surface area contributed by atoms with Gasteiger partial charge in [-0.3, -0.25) is 9.69 Å². The molecule has 1 saturated carbocycles. The summed E-state index contributed by atoms with van der Waals surface area (Å²) in [7, 11) is -3.69. The number of carbonyl (C=O) groups is 1. The van der Waals surface area contributed by atoms with Gasteiger partial charge in [-0.25, -0.2) is 13.1 Å². The van der Waals surface area contributed by atoms with Crippen molar-refractivity contribution in [3.63, 3.8) is 0 Å². The first-order chi connectivity index (χ1) is 16.8. The number of hydrogen-bond acceptors (Lipinski definition) is 5. The molecule has 1 saturated heterocycles. The third-order valence-electron chi connectivity index (χ3n) is 7.00. The molecule has 0 bridgehead atoms. The minimum absolute atomic E-state index is 0.107. The molecule has 7 nitrogen and oxygen atoms in total. The van der Waals surface area contributed by atoms with E-state index in [2.05, 4.69) is 36.5 Å². The Morgan fingerprint density at radius 3 is 2.57 bits per heavy atom. The molecular formula is C25H30BrClN4O3S. The molecule has 1 N–H and O–H groups in total. The number of halogens is 2. The van der Waals surface area contributed by atoms with Crippen molar-refractivity contribution in [1.29, 1.82) is 0 Å². The van der Waals surface area contributed by atoms with Crippen LogP contribution in [-0.4, -0.2) is 65.0 Å². The fraction of sp³-hybridized carbons (Fsp3) is 0.480. The summed E-state index contributed by atoms with van der Waals surface area (Å²) in [5.74, 6) is 0.230. The Morgan fingerprint density at radius 1 is 1.09 bits per heavy atom. The molecule has 0 atom stereocenters. The molecule has 0 unspecified atom stereocenters. The molecule has 35 heavy (non-hydrogen) atoms. The van der Waals surface area contributed by atoms with Gasteiger partial charge in [0, 0.05) is 66.1 Å². The van der Waals surface area contributed by atoms with E-state index in [0.29, 0.717) is 17.6 Å². The quantitative estimate of drug-likeness (QED) is 0.479. The van der Waals surface area contributed by atoms with Crippen LogP contribution in [-0.2, 0) is 21.2 Å². The molecule has 2 aliphatic heterocycles. The van der Waals surface area contributed by atoms with Gasteiger partial charge in [-0.1, -0.05) is 17.7 Å². The molecule has 1 aliphatic carbocycles. The molecule has 2 fully saturated rings. The number of fused-ring (bicyclic) bond motifs is 1. The molecular weight excluding hydrogens is 552 g/mol. The highest BCUT2D eigenvalue weighted by Gasteiger charge is 2.37. The Hall–Kier alpha value is -1.65. The van der Waals surface area contributed by atoms with Gasteiger partial charge in [0.15, 0.2) is 0 Å². The molecule has 0 radical (unpaired) electrons. The molecule has 2 aromatic carbocycles. The van der Waals surface area contributed by atoms with E-state index < -0.39 is 10.0 Å². The lowest BCUT2D eigenvalue weighted by Crippen LogP contribution is -2.47. The largest absolute Gasteiger partial charge is 0.369 e. The zero-order valence-electron chi connectivity index (χ0n) is 19.6. The monoisotopic (exact) mass is 580 g/mol. The van der Waals surface area contributed by atoms with Crippen LogP contribution in [0.4, 0.5) is 11.4 Å². The van der Waals surface area contributed by atoms with Crippen molar-refractivity contribution in [2.75, 3.05) is 55.6 Å². The molecule has 2 aromatic rings. The van der Waals surface area contributed by atoms with Gasteiger partial charge in [0.05, 0.1) is 4.90 Å². The summed E-state index contributed by atoms with van der Waals surface area (Å²) in [6.45, 7) is 5.53. The molecule has 0 spiro atoms. The number of rotatable bonds is 8.